The minimum absolute atomic E-state index is 0.171. The number of fused-ring (bicyclic) bond motifs is 4. The average molecular weight is 343 g/mol. The van der Waals surface area contributed by atoms with Crippen molar-refractivity contribution in [3.05, 3.63) is 82.7 Å². The Morgan fingerprint density at radius 1 is 0.808 bits per heavy atom. The molecule has 4 heteroatoms. The maximum atomic E-state index is 13.3. The summed E-state index contributed by atoms with van der Waals surface area (Å²) in [5.74, 6) is 0.692. The molecule has 0 bridgehead atoms. The number of rotatable bonds is 1. The molecule has 126 valence electrons. The molecule has 1 aromatic heterocycles. The molecule has 0 spiro atoms. The summed E-state index contributed by atoms with van der Waals surface area (Å²) in [6.45, 7) is 0. The fraction of sp³-hybridized carbons (Fsp3) is 0.0909. The van der Waals surface area contributed by atoms with Crippen LogP contribution in [0, 0.1) is 0 Å². The van der Waals surface area contributed by atoms with Gasteiger partial charge in [-0.05, 0) is 23.3 Å². The molecular weight excluding hydrogens is 328 g/mol. The van der Waals surface area contributed by atoms with Crippen LogP contribution >= 0.6 is 0 Å². The zero-order valence-electron chi connectivity index (χ0n) is 13.9. The van der Waals surface area contributed by atoms with Gasteiger partial charge in [-0.15, -0.1) is 0 Å². The fourth-order valence-corrected chi connectivity index (χ4v) is 3.63. The van der Waals surface area contributed by atoms with Gasteiger partial charge in [0.1, 0.15) is 12.0 Å². The minimum atomic E-state index is -0.224. The second-order valence-electron chi connectivity index (χ2n) is 6.37. The third kappa shape index (κ3) is 2.09. The largest absolute Gasteiger partial charge is 0.529 e. The van der Waals surface area contributed by atoms with Crippen LogP contribution in [0.15, 0.2) is 76.1 Å². The van der Waals surface area contributed by atoms with Crippen LogP contribution in [0.1, 0.15) is 12.0 Å². The lowest BCUT2D eigenvalue weighted by Gasteiger charge is -2.26. The van der Waals surface area contributed by atoms with Crippen molar-refractivity contribution in [1.29, 1.82) is 0 Å². The van der Waals surface area contributed by atoms with E-state index in [-0.39, 0.29) is 17.1 Å². The molecule has 2 heterocycles. The number of benzene rings is 3. The van der Waals surface area contributed by atoms with Crippen molar-refractivity contribution in [2.45, 2.75) is 12.8 Å². The number of carbonyl (C=O) groups is 1. The molecule has 0 N–H and O–H groups in total. The van der Waals surface area contributed by atoms with Gasteiger partial charge in [0.15, 0.2) is 12.0 Å². The average Bonchev–Trinajstić information content (AvgIpc) is 2.68. The zero-order chi connectivity index (χ0) is 17.7. The lowest BCUT2D eigenvalue weighted by atomic mass is 10.0. The minimum Gasteiger partial charge on any atom is -0.474 e. The Morgan fingerprint density at radius 2 is 1.62 bits per heavy atom. The number of carbonyl (C=O) groups excluding carboxylic acids is 1. The maximum Gasteiger partial charge on any atom is 0.529 e. The van der Waals surface area contributed by atoms with Gasteiger partial charge in [-0.1, -0.05) is 48.5 Å². The van der Waals surface area contributed by atoms with E-state index < -0.39 is 0 Å². The first kappa shape index (κ1) is 14.9. The van der Waals surface area contributed by atoms with Gasteiger partial charge in [0.25, 0.3) is 11.2 Å². The molecule has 3 aromatic carbocycles. The molecule has 4 aromatic rings. The maximum absolute atomic E-state index is 13.3. The third-order valence-corrected chi connectivity index (χ3v) is 4.87. The van der Waals surface area contributed by atoms with Crippen molar-refractivity contribution in [3.63, 3.8) is 0 Å². The highest BCUT2D eigenvalue weighted by molar-refractivity contribution is 6.05. The highest BCUT2D eigenvalue weighted by Gasteiger charge is 2.35. The molecular formula is C22H15O4+. The van der Waals surface area contributed by atoms with Crippen molar-refractivity contribution in [2.24, 2.45) is 0 Å². The Balaban J connectivity index is 1.84. The van der Waals surface area contributed by atoms with E-state index >= 15 is 0 Å². The smallest absolute Gasteiger partial charge is 0.474 e. The van der Waals surface area contributed by atoms with Gasteiger partial charge in [-0.3, -0.25) is 4.79 Å². The van der Waals surface area contributed by atoms with E-state index in [1.807, 2.05) is 54.6 Å². The lowest BCUT2D eigenvalue weighted by Crippen LogP contribution is -2.31. The van der Waals surface area contributed by atoms with Crippen molar-refractivity contribution in [1.82, 2.24) is 0 Å². The molecule has 0 aliphatic carbocycles. The monoisotopic (exact) mass is 343 g/mol. The Hall–Kier alpha value is -3.40. The Kier molecular flexibility index (Phi) is 3.19. The van der Waals surface area contributed by atoms with Gasteiger partial charge in [0.2, 0.25) is 0 Å². The van der Waals surface area contributed by atoms with E-state index in [4.69, 9.17) is 4.42 Å². The van der Waals surface area contributed by atoms with E-state index in [0.717, 1.165) is 16.3 Å². The third-order valence-electron chi connectivity index (χ3n) is 4.87. The fourth-order valence-electron chi connectivity index (χ4n) is 3.63. The van der Waals surface area contributed by atoms with E-state index in [1.54, 1.807) is 6.07 Å². The standard InChI is InChI=1S/C22H15O4/c23-20-12-10-15-6-2-4-8-18(15)26(20)19-13-25-17-11-9-14-5-1-3-7-16(14)21(17)22(19)24/h1-9,11,13H,10,12H2/q+1. The van der Waals surface area contributed by atoms with Crippen LogP contribution in [0.5, 0.6) is 11.5 Å². The summed E-state index contributed by atoms with van der Waals surface area (Å²) >= 11 is 0. The molecule has 5 rings (SSSR count). The van der Waals surface area contributed by atoms with E-state index in [9.17, 15) is 9.59 Å². The number of hydrogen-bond donors (Lipinski definition) is 0. The van der Waals surface area contributed by atoms with Gasteiger partial charge >= 0.3 is 5.97 Å². The SMILES string of the molecule is O=C1CCc2ccccc2[O+]1c1coc2ccc3ccccc3c2c1=O. The molecule has 0 saturated carbocycles. The van der Waals surface area contributed by atoms with Gasteiger partial charge in [-0.2, -0.15) is 0 Å². The van der Waals surface area contributed by atoms with E-state index in [2.05, 4.69) is 4.37 Å². The number of hydrogen-bond acceptors (Lipinski definition) is 3. The molecule has 26 heavy (non-hydrogen) atoms. The van der Waals surface area contributed by atoms with Crippen LogP contribution in [0.4, 0.5) is 0 Å². The molecule has 1 aliphatic rings. The van der Waals surface area contributed by atoms with Gasteiger partial charge in [0, 0.05) is 16.4 Å². The van der Waals surface area contributed by atoms with Crippen molar-refractivity contribution in [3.8, 4) is 11.5 Å². The summed E-state index contributed by atoms with van der Waals surface area (Å²) in [6.07, 6.45) is 2.37. The van der Waals surface area contributed by atoms with Crippen LogP contribution in [0.2, 0.25) is 0 Å². The summed E-state index contributed by atoms with van der Waals surface area (Å²) in [7, 11) is 0. The first-order valence-electron chi connectivity index (χ1n) is 8.52. The molecule has 1 aliphatic heterocycles. The van der Waals surface area contributed by atoms with Gasteiger partial charge in [-0.25, -0.2) is 0 Å². The molecule has 0 saturated heterocycles. The van der Waals surface area contributed by atoms with Crippen molar-refractivity contribution < 1.29 is 13.6 Å². The van der Waals surface area contributed by atoms with Crippen LogP contribution in [0.3, 0.4) is 0 Å². The van der Waals surface area contributed by atoms with Gasteiger partial charge < -0.3 is 8.78 Å². The second kappa shape index (κ2) is 5.56. The normalized spacial score (nSPS) is 14.0. The van der Waals surface area contributed by atoms with Crippen molar-refractivity contribution >= 4 is 27.7 Å². The predicted octanol–water partition coefficient (Wildman–Crippen LogP) is 4.75. The Morgan fingerprint density at radius 3 is 2.54 bits per heavy atom. The summed E-state index contributed by atoms with van der Waals surface area (Å²) < 4.78 is 8.26. The van der Waals surface area contributed by atoms with E-state index in [0.29, 0.717) is 29.6 Å². The van der Waals surface area contributed by atoms with E-state index in [1.165, 1.54) is 6.26 Å². The van der Waals surface area contributed by atoms with Crippen LogP contribution < -0.4 is 9.80 Å². The first-order valence-corrected chi connectivity index (χ1v) is 8.52. The summed E-state index contributed by atoms with van der Waals surface area (Å²) in [5, 5.41) is 2.27. The quantitative estimate of drug-likeness (QED) is 0.217. The number of para-hydroxylation sites is 1. The molecule has 0 fully saturated rings. The van der Waals surface area contributed by atoms with Crippen LogP contribution in [0.25, 0.3) is 21.7 Å². The lowest BCUT2D eigenvalue weighted by molar-refractivity contribution is -0.148. The predicted molar refractivity (Wildman–Crippen MR) is 99.8 cm³/mol. The summed E-state index contributed by atoms with van der Waals surface area (Å²) in [5.41, 5.74) is 1.31. The first-order chi connectivity index (χ1) is 12.7. The van der Waals surface area contributed by atoms with Crippen LogP contribution in [-0.4, -0.2) is 5.97 Å². The topological polar surface area (TPSA) is 50.0 Å². The Bertz CT molecular complexity index is 1240. The number of aryl methyl sites for hydroxylation is 1. The summed E-state index contributed by atoms with van der Waals surface area (Å²) in [6, 6.07) is 19.0. The zero-order valence-corrected chi connectivity index (χ0v) is 13.9. The molecule has 0 atom stereocenters. The molecule has 0 unspecified atom stereocenters. The van der Waals surface area contributed by atoms with Crippen molar-refractivity contribution in [2.75, 3.05) is 0 Å². The van der Waals surface area contributed by atoms with Crippen LogP contribution in [-0.2, 0) is 11.2 Å². The van der Waals surface area contributed by atoms with Gasteiger partial charge in [0.05, 0.1) is 5.39 Å². The highest BCUT2D eigenvalue weighted by atomic mass is 16.7. The molecule has 0 radical (unpaired) electrons. The summed E-state index contributed by atoms with van der Waals surface area (Å²) in [4.78, 5) is 25.9. The molecule has 0 amide bonds. The highest BCUT2D eigenvalue weighted by Crippen LogP contribution is 2.37. The molecule has 4 nitrogen and oxygen atoms in total. The Labute approximate surface area is 149 Å². The second-order valence-corrected chi connectivity index (χ2v) is 6.37.